The zero-order chi connectivity index (χ0) is 6.41. The maximum Gasteiger partial charge on any atom is 0.137 e. The van der Waals surface area contributed by atoms with E-state index in [1.807, 2.05) is 0 Å². The summed E-state index contributed by atoms with van der Waals surface area (Å²) in [6.07, 6.45) is 2.83. The van der Waals surface area contributed by atoms with Crippen LogP contribution in [0, 0.1) is 13.8 Å². The topological polar surface area (TPSA) is 17.1 Å². The molecule has 0 rings (SSSR count). The van der Waals surface area contributed by atoms with Gasteiger partial charge in [0.15, 0.2) is 0 Å². The summed E-state index contributed by atoms with van der Waals surface area (Å²) in [5.41, 5.74) is 0. The molecule has 0 saturated heterocycles. The lowest BCUT2D eigenvalue weighted by Crippen LogP contribution is -1.88. The number of carbonyl (C=O) groups is 1. The first-order valence-corrected chi connectivity index (χ1v) is 2.75. The summed E-state index contributed by atoms with van der Waals surface area (Å²) < 4.78 is 0. The number of carbonyl (C=O) groups excluding carboxylic acids is 1. The van der Waals surface area contributed by atoms with Gasteiger partial charge in [-0.3, -0.25) is 4.79 Å². The van der Waals surface area contributed by atoms with Crippen molar-refractivity contribution in [1.82, 2.24) is 0 Å². The average molecular weight is 110 g/mol. The SMILES string of the molecule is [CH]CCCCC([CH])=O. The van der Waals surface area contributed by atoms with Crippen LogP contribution in [0.25, 0.3) is 0 Å². The number of ketones is 1. The molecular formula is C7H10O. The Morgan fingerprint density at radius 2 is 2.00 bits per heavy atom. The fourth-order valence-corrected chi connectivity index (χ4v) is 0.444. The maximum absolute atomic E-state index is 10.1. The van der Waals surface area contributed by atoms with E-state index in [4.69, 9.17) is 13.8 Å². The summed E-state index contributed by atoms with van der Waals surface area (Å²) in [5, 5.41) is 0. The minimum absolute atomic E-state index is 0.238. The van der Waals surface area contributed by atoms with E-state index in [9.17, 15) is 4.79 Å². The Balaban J connectivity index is 2.82. The Morgan fingerprint density at radius 3 is 2.38 bits per heavy atom. The summed E-state index contributed by atoms with van der Waals surface area (Å²) >= 11 is 0. The van der Waals surface area contributed by atoms with Gasteiger partial charge in [0.2, 0.25) is 0 Å². The van der Waals surface area contributed by atoms with E-state index >= 15 is 0 Å². The van der Waals surface area contributed by atoms with Crippen molar-refractivity contribution in [3.8, 4) is 0 Å². The van der Waals surface area contributed by atoms with Gasteiger partial charge < -0.3 is 0 Å². The van der Waals surface area contributed by atoms with Gasteiger partial charge in [-0.2, -0.15) is 0 Å². The fourth-order valence-electron chi connectivity index (χ4n) is 0.444. The van der Waals surface area contributed by atoms with Crippen molar-refractivity contribution in [2.45, 2.75) is 25.7 Å². The van der Waals surface area contributed by atoms with Gasteiger partial charge in [-0.15, -0.1) is 0 Å². The first-order chi connectivity index (χ1) is 3.77. The molecule has 0 spiro atoms. The van der Waals surface area contributed by atoms with Gasteiger partial charge >= 0.3 is 0 Å². The molecule has 0 aromatic rings. The van der Waals surface area contributed by atoms with Crippen molar-refractivity contribution in [1.29, 1.82) is 0 Å². The number of hydrogen-bond acceptors (Lipinski definition) is 1. The summed E-state index contributed by atoms with van der Waals surface area (Å²) in [6, 6.07) is 0. The van der Waals surface area contributed by atoms with Crippen molar-refractivity contribution >= 4 is 5.78 Å². The molecule has 0 unspecified atom stereocenters. The molecule has 4 radical (unpaired) electrons. The molecule has 0 aromatic carbocycles. The normalized spacial score (nSPS) is 9.25. The van der Waals surface area contributed by atoms with Crippen LogP contribution < -0.4 is 0 Å². The third-order valence-electron chi connectivity index (χ3n) is 0.877. The van der Waals surface area contributed by atoms with Gasteiger partial charge in [0.25, 0.3) is 0 Å². The highest BCUT2D eigenvalue weighted by Gasteiger charge is 1.90. The summed E-state index contributed by atoms with van der Waals surface area (Å²) in [4.78, 5) is 10.1. The Labute approximate surface area is 51.1 Å². The largest absolute Gasteiger partial charge is 0.299 e. The lowest BCUT2D eigenvalue weighted by molar-refractivity contribution is -0.114. The standard InChI is InChI=1S/C7H10O/c1-3-4-5-6-7(2)8/h1-2H,3-6H2. The van der Waals surface area contributed by atoms with Crippen molar-refractivity contribution in [3.63, 3.8) is 0 Å². The van der Waals surface area contributed by atoms with Crippen LogP contribution in [0.2, 0.25) is 0 Å². The van der Waals surface area contributed by atoms with Crippen molar-refractivity contribution in [3.05, 3.63) is 13.8 Å². The van der Waals surface area contributed by atoms with Gasteiger partial charge in [-0.25, -0.2) is 0 Å². The number of Topliss-reactive ketones (excluding diaryl/α,β-unsaturated/α-hetero) is 1. The van der Waals surface area contributed by atoms with Crippen LogP contribution >= 0.6 is 0 Å². The third kappa shape index (κ3) is 5.67. The van der Waals surface area contributed by atoms with Gasteiger partial charge in [0.05, 0.1) is 0 Å². The van der Waals surface area contributed by atoms with Gasteiger partial charge in [0.1, 0.15) is 5.78 Å². The molecule has 0 aliphatic rings. The molecule has 8 heavy (non-hydrogen) atoms. The Bertz CT molecular complexity index is 66.8. The van der Waals surface area contributed by atoms with E-state index in [2.05, 4.69) is 0 Å². The van der Waals surface area contributed by atoms with Crippen molar-refractivity contribution in [2.75, 3.05) is 0 Å². The Morgan fingerprint density at radius 1 is 1.38 bits per heavy atom. The number of hydrogen-bond donors (Lipinski definition) is 0. The summed E-state index contributed by atoms with van der Waals surface area (Å²) in [7, 11) is 0. The Hall–Kier alpha value is -0.330. The average Bonchev–Trinajstić information content (AvgIpc) is 1.66. The first-order valence-electron chi connectivity index (χ1n) is 2.75. The summed E-state index contributed by atoms with van der Waals surface area (Å²) in [5.74, 6) is -0.238. The van der Waals surface area contributed by atoms with Crippen LogP contribution in [-0.2, 0) is 4.79 Å². The van der Waals surface area contributed by atoms with E-state index in [0.717, 1.165) is 12.8 Å². The second kappa shape index (κ2) is 4.82. The van der Waals surface area contributed by atoms with Gasteiger partial charge in [0, 0.05) is 13.3 Å². The van der Waals surface area contributed by atoms with Crippen molar-refractivity contribution in [2.24, 2.45) is 0 Å². The molecule has 0 bridgehead atoms. The zero-order valence-electron chi connectivity index (χ0n) is 4.89. The van der Waals surface area contributed by atoms with Crippen molar-refractivity contribution < 1.29 is 4.79 Å². The van der Waals surface area contributed by atoms with Crippen LogP contribution in [0.4, 0.5) is 0 Å². The van der Waals surface area contributed by atoms with Gasteiger partial charge in [-0.05, 0) is 19.8 Å². The quantitative estimate of drug-likeness (QED) is 0.502. The smallest absolute Gasteiger partial charge is 0.137 e. The van der Waals surface area contributed by atoms with E-state index in [1.54, 1.807) is 0 Å². The highest BCUT2D eigenvalue weighted by Crippen LogP contribution is 1.97. The lowest BCUT2D eigenvalue weighted by Gasteiger charge is -1.90. The summed E-state index contributed by atoms with van der Waals surface area (Å²) in [6.45, 7) is 10.0. The highest BCUT2D eigenvalue weighted by atomic mass is 16.1. The second-order valence-electron chi connectivity index (χ2n) is 1.71. The zero-order valence-corrected chi connectivity index (χ0v) is 4.89. The molecule has 0 fully saturated rings. The monoisotopic (exact) mass is 110 g/mol. The Kier molecular flexibility index (Phi) is 4.62. The first kappa shape index (κ1) is 7.67. The fraction of sp³-hybridized carbons (Fsp3) is 0.571. The number of rotatable bonds is 4. The molecule has 0 saturated carbocycles. The molecular weight excluding hydrogens is 100 g/mol. The van der Waals surface area contributed by atoms with E-state index < -0.39 is 0 Å². The molecule has 1 nitrogen and oxygen atoms in total. The molecule has 44 valence electrons. The van der Waals surface area contributed by atoms with E-state index in [1.165, 1.54) is 0 Å². The minimum atomic E-state index is -0.238. The molecule has 0 aliphatic heterocycles. The predicted octanol–water partition coefficient (Wildman–Crippen LogP) is 1.54. The van der Waals surface area contributed by atoms with E-state index in [0.29, 0.717) is 12.8 Å². The molecule has 1 heteroatoms. The predicted molar refractivity (Wildman–Crippen MR) is 32.1 cm³/mol. The highest BCUT2D eigenvalue weighted by molar-refractivity contribution is 5.82. The number of unbranched alkanes of at least 4 members (excludes halogenated alkanes) is 2. The lowest BCUT2D eigenvalue weighted by atomic mass is 10.2. The van der Waals surface area contributed by atoms with Crippen LogP contribution in [-0.4, -0.2) is 5.78 Å². The van der Waals surface area contributed by atoms with Crippen LogP contribution in [0.5, 0.6) is 0 Å². The maximum atomic E-state index is 10.1. The van der Waals surface area contributed by atoms with Crippen LogP contribution in [0.15, 0.2) is 0 Å². The van der Waals surface area contributed by atoms with Crippen LogP contribution in [0.3, 0.4) is 0 Å². The van der Waals surface area contributed by atoms with Crippen LogP contribution in [0.1, 0.15) is 25.7 Å². The van der Waals surface area contributed by atoms with E-state index in [-0.39, 0.29) is 5.78 Å². The molecule has 0 aromatic heterocycles. The molecule has 0 amide bonds. The minimum Gasteiger partial charge on any atom is -0.299 e. The molecule has 0 heterocycles. The second-order valence-corrected chi connectivity index (χ2v) is 1.71. The van der Waals surface area contributed by atoms with Gasteiger partial charge in [-0.1, -0.05) is 6.42 Å². The molecule has 0 atom stereocenters. The molecule has 0 N–H and O–H groups in total. The third-order valence-corrected chi connectivity index (χ3v) is 0.877. The molecule has 0 aliphatic carbocycles.